The monoisotopic (exact) mass is 188 g/mol. The Labute approximate surface area is 82.6 Å². The van der Waals surface area contributed by atoms with Crippen molar-refractivity contribution < 1.29 is 0 Å². The van der Waals surface area contributed by atoms with Gasteiger partial charge < -0.3 is 0 Å². The average molecular weight is 188 g/mol. The van der Waals surface area contributed by atoms with Crippen molar-refractivity contribution in [2.45, 2.75) is 20.8 Å². The van der Waals surface area contributed by atoms with Gasteiger partial charge in [0.25, 0.3) is 0 Å². The van der Waals surface area contributed by atoms with Gasteiger partial charge in [0.05, 0.1) is 23.8 Å². The zero-order valence-corrected chi connectivity index (χ0v) is 8.52. The topological polar surface area (TPSA) is 43.6 Å². The number of hydrogen-bond acceptors (Lipinski definition) is 3. The third-order valence-corrected chi connectivity index (χ3v) is 1.99. The van der Waals surface area contributed by atoms with Crippen molar-refractivity contribution in [2.75, 3.05) is 0 Å². The highest BCUT2D eigenvalue weighted by molar-refractivity contribution is 5.22. The molecule has 0 fully saturated rings. The van der Waals surface area contributed by atoms with Gasteiger partial charge in [-0.15, -0.1) is 0 Å². The molecular weight excluding hydrogens is 176 g/mol. The fourth-order valence-corrected chi connectivity index (χ4v) is 1.36. The minimum atomic E-state index is 0.765. The maximum atomic E-state index is 4.32. The zero-order valence-electron chi connectivity index (χ0n) is 8.52. The Morgan fingerprint density at radius 3 is 2.29 bits per heavy atom. The lowest BCUT2D eigenvalue weighted by atomic mass is 10.4. The van der Waals surface area contributed by atoms with Gasteiger partial charge >= 0.3 is 0 Å². The molecule has 2 rings (SSSR count). The van der Waals surface area contributed by atoms with E-state index in [1.54, 1.807) is 17.1 Å². The molecule has 0 radical (unpaired) electrons. The van der Waals surface area contributed by atoms with Crippen LogP contribution in [0.3, 0.4) is 0 Å². The second kappa shape index (κ2) is 3.21. The minimum Gasteiger partial charge on any atom is -0.256 e. The molecule has 0 spiro atoms. The molecule has 0 bridgehead atoms. The van der Waals surface area contributed by atoms with Crippen LogP contribution in [0.2, 0.25) is 0 Å². The molecule has 4 nitrogen and oxygen atoms in total. The van der Waals surface area contributed by atoms with Crippen molar-refractivity contribution in [3.63, 3.8) is 0 Å². The van der Waals surface area contributed by atoms with E-state index in [4.69, 9.17) is 0 Å². The Kier molecular flexibility index (Phi) is 2.04. The van der Waals surface area contributed by atoms with E-state index >= 15 is 0 Å². The van der Waals surface area contributed by atoms with Crippen LogP contribution in [0.15, 0.2) is 18.5 Å². The fourth-order valence-electron chi connectivity index (χ4n) is 1.36. The first-order valence-electron chi connectivity index (χ1n) is 4.49. The molecule has 14 heavy (non-hydrogen) atoms. The van der Waals surface area contributed by atoms with Crippen molar-refractivity contribution in [3.8, 4) is 5.82 Å². The molecule has 0 unspecified atom stereocenters. The maximum Gasteiger partial charge on any atom is 0.172 e. The molecule has 4 heteroatoms. The summed E-state index contributed by atoms with van der Waals surface area (Å²) in [6.45, 7) is 5.88. The van der Waals surface area contributed by atoms with E-state index in [9.17, 15) is 0 Å². The molecule has 0 saturated carbocycles. The molecule has 0 amide bonds. The summed E-state index contributed by atoms with van der Waals surface area (Å²) in [5.41, 5.74) is 2.97. The zero-order chi connectivity index (χ0) is 10.1. The maximum absolute atomic E-state index is 4.32. The van der Waals surface area contributed by atoms with Crippen LogP contribution in [0.1, 0.15) is 17.1 Å². The molecule has 0 saturated heterocycles. The molecule has 0 N–H and O–H groups in total. The van der Waals surface area contributed by atoms with E-state index < -0.39 is 0 Å². The first-order valence-corrected chi connectivity index (χ1v) is 4.49. The lowest BCUT2D eigenvalue weighted by Gasteiger charge is -2.01. The second-order valence-electron chi connectivity index (χ2n) is 3.35. The van der Waals surface area contributed by atoms with Gasteiger partial charge in [0.2, 0.25) is 0 Å². The molecule has 0 aromatic carbocycles. The molecule has 0 atom stereocenters. The van der Waals surface area contributed by atoms with E-state index in [0.717, 1.165) is 22.9 Å². The predicted octanol–water partition coefficient (Wildman–Crippen LogP) is 1.59. The smallest absolute Gasteiger partial charge is 0.172 e. The van der Waals surface area contributed by atoms with Crippen LogP contribution in [0.25, 0.3) is 5.82 Å². The van der Waals surface area contributed by atoms with Crippen LogP contribution in [0.5, 0.6) is 0 Å². The molecular formula is C10H12N4. The standard InChI is InChI=1S/C10H12N4/c1-7-4-9(3)14(13-7)10-6-11-8(2)5-12-10/h4-6H,1-3H3. The highest BCUT2D eigenvalue weighted by atomic mass is 15.3. The summed E-state index contributed by atoms with van der Waals surface area (Å²) < 4.78 is 1.79. The van der Waals surface area contributed by atoms with Gasteiger partial charge in [-0.1, -0.05) is 0 Å². The highest BCUT2D eigenvalue weighted by Crippen LogP contribution is 2.07. The van der Waals surface area contributed by atoms with Crippen molar-refractivity contribution in [3.05, 3.63) is 35.5 Å². The van der Waals surface area contributed by atoms with Gasteiger partial charge in [0.15, 0.2) is 5.82 Å². The number of rotatable bonds is 1. The van der Waals surface area contributed by atoms with Crippen LogP contribution < -0.4 is 0 Å². The largest absolute Gasteiger partial charge is 0.256 e. The first kappa shape index (κ1) is 8.87. The van der Waals surface area contributed by atoms with Crippen molar-refractivity contribution in [1.82, 2.24) is 19.7 Å². The van der Waals surface area contributed by atoms with Crippen LogP contribution in [-0.2, 0) is 0 Å². The van der Waals surface area contributed by atoms with Gasteiger partial charge in [-0.2, -0.15) is 5.10 Å². The summed E-state index contributed by atoms with van der Waals surface area (Å²) in [7, 11) is 0. The van der Waals surface area contributed by atoms with Gasteiger partial charge in [-0.3, -0.25) is 4.98 Å². The molecule has 0 aliphatic rings. The molecule has 72 valence electrons. The van der Waals surface area contributed by atoms with E-state index in [1.807, 2.05) is 26.8 Å². The molecule has 2 aromatic heterocycles. The molecule has 0 aliphatic carbocycles. The van der Waals surface area contributed by atoms with Gasteiger partial charge in [-0.05, 0) is 26.8 Å². The molecule has 2 heterocycles. The van der Waals surface area contributed by atoms with Gasteiger partial charge in [0, 0.05) is 5.69 Å². The highest BCUT2D eigenvalue weighted by Gasteiger charge is 2.04. The number of nitrogens with zero attached hydrogens (tertiary/aromatic N) is 4. The number of aryl methyl sites for hydroxylation is 3. The Bertz CT molecular complexity index is 442. The SMILES string of the molecule is Cc1cnc(-n2nc(C)cc2C)cn1. The summed E-state index contributed by atoms with van der Waals surface area (Å²) in [6, 6.07) is 2.02. The number of aromatic nitrogens is 4. The summed E-state index contributed by atoms with van der Waals surface area (Å²) in [6.07, 6.45) is 3.47. The van der Waals surface area contributed by atoms with Gasteiger partial charge in [0.1, 0.15) is 0 Å². The van der Waals surface area contributed by atoms with Crippen LogP contribution in [0.4, 0.5) is 0 Å². The fraction of sp³-hybridized carbons (Fsp3) is 0.300. The van der Waals surface area contributed by atoms with Crippen molar-refractivity contribution >= 4 is 0 Å². The van der Waals surface area contributed by atoms with E-state index in [0.29, 0.717) is 0 Å². The summed E-state index contributed by atoms with van der Waals surface area (Å²) >= 11 is 0. The van der Waals surface area contributed by atoms with Crippen molar-refractivity contribution in [1.29, 1.82) is 0 Å². The Morgan fingerprint density at radius 1 is 1.00 bits per heavy atom. The van der Waals surface area contributed by atoms with E-state index in [2.05, 4.69) is 15.1 Å². The average Bonchev–Trinajstić information content (AvgIpc) is 2.47. The van der Waals surface area contributed by atoms with E-state index in [1.165, 1.54) is 0 Å². The summed E-state index contributed by atoms with van der Waals surface area (Å²) in [5, 5.41) is 4.32. The first-order chi connectivity index (χ1) is 6.66. The number of hydrogen-bond donors (Lipinski definition) is 0. The van der Waals surface area contributed by atoms with Gasteiger partial charge in [-0.25, -0.2) is 9.67 Å². The van der Waals surface area contributed by atoms with Crippen molar-refractivity contribution in [2.24, 2.45) is 0 Å². The van der Waals surface area contributed by atoms with E-state index in [-0.39, 0.29) is 0 Å². The lowest BCUT2D eigenvalue weighted by Crippen LogP contribution is -2.02. The molecule has 2 aromatic rings. The molecule has 0 aliphatic heterocycles. The van der Waals surface area contributed by atoms with Crippen LogP contribution in [-0.4, -0.2) is 19.7 Å². The Morgan fingerprint density at radius 2 is 1.79 bits per heavy atom. The quantitative estimate of drug-likeness (QED) is 0.682. The minimum absolute atomic E-state index is 0.765. The van der Waals surface area contributed by atoms with Crippen LogP contribution in [0, 0.1) is 20.8 Å². The lowest BCUT2D eigenvalue weighted by molar-refractivity contribution is 0.796. The second-order valence-corrected chi connectivity index (χ2v) is 3.35. The Hall–Kier alpha value is -1.71. The summed E-state index contributed by atoms with van der Waals surface area (Å²) in [5.74, 6) is 0.765. The summed E-state index contributed by atoms with van der Waals surface area (Å²) in [4.78, 5) is 8.44. The normalized spacial score (nSPS) is 10.5. The third-order valence-electron chi connectivity index (χ3n) is 1.99. The van der Waals surface area contributed by atoms with Crippen LogP contribution >= 0.6 is 0 Å². The third kappa shape index (κ3) is 1.51. The predicted molar refractivity (Wildman–Crippen MR) is 53.4 cm³/mol. The Balaban J connectivity index is 2.49.